The fourth-order valence-corrected chi connectivity index (χ4v) is 2.62. The number of carbonyl (C=O) groups excluding carboxylic acids is 2. The quantitative estimate of drug-likeness (QED) is 0.732. The van der Waals surface area contributed by atoms with Crippen molar-refractivity contribution in [1.82, 2.24) is 4.90 Å². The van der Waals surface area contributed by atoms with Crippen LogP contribution in [0.5, 0.6) is 0 Å². The van der Waals surface area contributed by atoms with Crippen LogP contribution >= 0.6 is 0 Å². The van der Waals surface area contributed by atoms with Crippen molar-refractivity contribution in [3.05, 3.63) is 0 Å². The molecular weight excluding hydrogens is 310 g/mol. The molecule has 0 aliphatic carbocycles. The summed E-state index contributed by atoms with van der Waals surface area (Å²) in [5.74, 6) is 0.119. The first-order valence-electron chi connectivity index (χ1n) is 8.66. The van der Waals surface area contributed by atoms with Gasteiger partial charge in [-0.1, -0.05) is 6.92 Å². The Morgan fingerprint density at radius 2 is 1.62 bits per heavy atom. The second-order valence-electron chi connectivity index (χ2n) is 8.56. The Bertz CT molecular complexity index is 436. The molecule has 1 rings (SSSR count). The van der Waals surface area contributed by atoms with Crippen LogP contribution in [0.2, 0.25) is 0 Å². The highest BCUT2D eigenvalue weighted by molar-refractivity contribution is 5.71. The molecule has 6 nitrogen and oxygen atoms in total. The lowest BCUT2D eigenvalue weighted by atomic mass is 9.93. The van der Waals surface area contributed by atoms with E-state index in [4.69, 9.17) is 14.2 Å². The van der Waals surface area contributed by atoms with E-state index in [0.29, 0.717) is 19.1 Å². The molecule has 0 saturated carbocycles. The van der Waals surface area contributed by atoms with E-state index < -0.39 is 17.2 Å². The maximum Gasteiger partial charge on any atom is 0.410 e. The third-order valence-electron chi connectivity index (χ3n) is 3.56. The number of carbonyl (C=O) groups is 2. The summed E-state index contributed by atoms with van der Waals surface area (Å²) in [4.78, 5) is 25.8. The van der Waals surface area contributed by atoms with Crippen LogP contribution < -0.4 is 0 Å². The van der Waals surface area contributed by atoms with E-state index in [1.54, 1.807) is 4.90 Å². The van der Waals surface area contributed by atoms with Crippen molar-refractivity contribution in [2.45, 2.75) is 78.6 Å². The summed E-state index contributed by atoms with van der Waals surface area (Å²) in [6.07, 6.45) is 1.47. The van der Waals surface area contributed by atoms with Gasteiger partial charge in [0.1, 0.15) is 17.8 Å². The summed E-state index contributed by atoms with van der Waals surface area (Å²) in [5.41, 5.74) is -1.05. The lowest BCUT2D eigenvalue weighted by Gasteiger charge is -2.38. The van der Waals surface area contributed by atoms with E-state index in [1.165, 1.54) is 0 Å². The van der Waals surface area contributed by atoms with Crippen molar-refractivity contribution < 1.29 is 23.8 Å². The van der Waals surface area contributed by atoms with E-state index in [9.17, 15) is 9.59 Å². The molecule has 1 amide bonds. The molecule has 0 radical (unpaired) electrons. The molecule has 24 heavy (non-hydrogen) atoms. The number of piperidine rings is 1. The molecule has 1 aliphatic heterocycles. The molecule has 0 aromatic rings. The third kappa shape index (κ3) is 7.99. The minimum atomic E-state index is -0.526. The Kier molecular flexibility index (Phi) is 7.08. The first-order valence-corrected chi connectivity index (χ1v) is 8.66. The summed E-state index contributed by atoms with van der Waals surface area (Å²) >= 11 is 0. The van der Waals surface area contributed by atoms with Gasteiger partial charge in [0.2, 0.25) is 0 Å². The molecule has 0 bridgehead atoms. The van der Waals surface area contributed by atoms with Crippen LogP contribution in [0.25, 0.3) is 0 Å². The number of rotatable bonds is 4. The Hall–Kier alpha value is -1.30. The van der Waals surface area contributed by atoms with Crippen molar-refractivity contribution in [2.24, 2.45) is 5.92 Å². The van der Waals surface area contributed by atoms with Gasteiger partial charge in [0.05, 0.1) is 12.6 Å². The minimum Gasteiger partial charge on any atom is -0.458 e. The second kappa shape index (κ2) is 8.19. The van der Waals surface area contributed by atoms with Gasteiger partial charge in [-0.05, 0) is 60.3 Å². The highest BCUT2D eigenvalue weighted by atomic mass is 16.6. The SMILES string of the molecule is CC1CCN(C(=O)OC(C)(C)C)C(COCC(=O)OC(C)(C)C)C1. The number of amides is 1. The second-order valence-corrected chi connectivity index (χ2v) is 8.56. The van der Waals surface area contributed by atoms with Crippen LogP contribution in [0.3, 0.4) is 0 Å². The average Bonchev–Trinajstić information content (AvgIpc) is 2.34. The van der Waals surface area contributed by atoms with Gasteiger partial charge < -0.3 is 19.1 Å². The molecule has 1 saturated heterocycles. The number of ether oxygens (including phenoxy) is 3. The van der Waals surface area contributed by atoms with Crippen LogP contribution in [-0.2, 0) is 19.0 Å². The van der Waals surface area contributed by atoms with Crippen molar-refractivity contribution in [2.75, 3.05) is 19.8 Å². The standard InChI is InChI=1S/C18H33NO5/c1-13-8-9-19(16(21)24-18(5,6)7)14(10-13)11-22-12-15(20)23-17(2,3)4/h13-14H,8-12H2,1-7H3. The molecule has 0 aromatic heterocycles. The maximum atomic E-state index is 12.4. The van der Waals surface area contributed by atoms with E-state index in [1.807, 2.05) is 41.5 Å². The smallest absolute Gasteiger partial charge is 0.410 e. The van der Waals surface area contributed by atoms with Crippen LogP contribution in [0.1, 0.15) is 61.3 Å². The van der Waals surface area contributed by atoms with Crippen molar-refractivity contribution in [3.63, 3.8) is 0 Å². The van der Waals surface area contributed by atoms with Crippen LogP contribution in [-0.4, -0.2) is 54.0 Å². The zero-order valence-electron chi connectivity index (χ0n) is 16.2. The zero-order chi connectivity index (χ0) is 18.5. The summed E-state index contributed by atoms with van der Waals surface area (Å²) in [6.45, 7) is 14.0. The molecule has 0 N–H and O–H groups in total. The Morgan fingerprint density at radius 1 is 1.04 bits per heavy atom. The molecule has 0 spiro atoms. The first-order chi connectivity index (χ1) is 10.9. The monoisotopic (exact) mass is 343 g/mol. The number of hydrogen-bond acceptors (Lipinski definition) is 5. The van der Waals surface area contributed by atoms with Crippen LogP contribution in [0.4, 0.5) is 4.79 Å². The maximum absolute atomic E-state index is 12.4. The third-order valence-corrected chi connectivity index (χ3v) is 3.56. The number of hydrogen-bond donors (Lipinski definition) is 0. The van der Waals surface area contributed by atoms with Crippen molar-refractivity contribution in [3.8, 4) is 0 Å². The topological polar surface area (TPSA) is 65.1 Å². The fourth-order valence-electron chi connectivity index (χ4n) is 2.62. The number of likely N-dealkylation sites (tertiary alicyclic amines) is 1. The Labute approximate surface area is 145 Å². The molecule has 0 aromatic carbocycles. The van der Waals surface area contributed by atoms with E-state index in [0.717, 1.165) is 12.8 Å². The predicted octanol–water partition coefficient (Wildman–Crippen LogP) is 3.38. The molecule has 1 aliphatic rings. The predicted molar refractivity (Wildman–Crippen MR) is 91.8 cm³/mol. The Balaban J connectivity index is 2.54. The highest BCUT2D eigenvalue weighted by Gasteiger charge is 2.33. The lowest BCUT2D eigenvalue weighted by molar-refractivity contribution is -0.160. The molecular formula is C18H33NO5. The van der Waals surface area contributed by atoms with Crippen molar-refractivity contribution >= 4 is 12.1 Å². The molecule has 6 heteroatoms. The van der Waals surface area contributed by atoms with Gasteiger partial charge in [-0.25, -0.2) is 9.59 Å². The zero-order valence-corrected chi connectivity index (χ0v) is 16.2. The molecule has 1 fully saturated rings. The van der Waals surface area contributed by atoms with Crippen molar-refractivity contribution in [1.29, 1.82) is 0 Å². The Morgan fingerprint density at radius 3 is 2.17 bits per heavy atom. The first kappa shape index (κ1) is 20.7. The van der Waals surface area contributed by atoms with Gasteiger partial charge >= 0.3 is 12.1 Å². The summed E-state index contributed by atoms with van der Waals surface area (Å²) in [7, 11) is 0. The van der Waals surface area contributed by atoms with Gasteiger partial charge in [-0.2, -0.15) is 0 Å². The highest BCUT2D eigenvalue weighted by Crippen LogP contribution is 2.24. The van der Waals surface area contributed by atoms with Gasteiger partial charge in [-0.15, -0.1) is 0 Å². The average molecular weight is 343 g/mol. The van der Waals surface area contributed by atoms with Crippen LogP contribution in [0.15, 0.2) is 0 Å². The largest absolute Gasteiger partial charge is 0.458 e. The minimum absolute atomic E-state index is 0.0777. The number of nitrogens with zero attached hydrogens (tertiary/aromatic N) is 1. The van der Waals surface area contributed by atoms with E-state index >= 15 is 0 Å². The fraction of sp³-hybridized carbons (Fsp3) is 0.889. The lowest BCUT2D eigenvalue weighted by Crippen LogP contribution is -2.49. The van der Waals surface area contributed by atoms with E-state index in [2.05, 4.69) is 6.92 Å². The summed E-state index contributed by atoms with van der Waals surface area (Å²) in [5, 5.41) is 0. The van der Waals surface area contributed by atoms with Gasteiger partial charge in [0.25, 0.3) is 0 Å². The van der Waals surface area contributed by atoms with Crippen LogP contribution in [0, 0.1) is 5.92 Å². The molecule has 2 unspecified atom stereocenters. The molecule has 1 heterocycles. The normalized spacial score (nSPS) is 22.2. The molecule has 2 atom stereocenters. The molecule has 140 valence electrons. The van der Waals surface area contributed by atoms with E-state index in [-0.39, 0.29) is 18.7 Å². The summed E-state index contributed by atoms with van der Waals surface area (Å²) in [6, 6.07) is -0.0777. The van der Waals surface area contributed by atoms with Gasteiger partial charge in [-0.3, -0.25) is 0 Å². The van der Waals surface area contributed by atoms with Gasteiger partial charge in [0.15, 0.2) is 0 Å². The summed E-state index contributed by atoms with van der Waals surface area (Å²) < 4.78 is 16.2. The van der Waals surface area contributed by atoms with Gasteiger partial charge in [0, 0.05) is 6.54 Å². The number of esters is 1.